The fraction of sp³-hybridized carbons (Fsp3) is 0.0133. The predicted molar refractivity (Wildman–Crippen MR) is 326 cm³/mol. The number of para-hydroxylation sites is 8. The van der Waals surface area contributed by atoms with Crippen LogP contribution >= 0.6 is 0 Å². The van der Waals surface area contributed by atoms with Crippen molar-refractivity contribution in [1.29, 1.82) is 0 Å². The summed E-state index contributed by atoms with van der Waals surface area (Å²) in [5.41, 5.74) is 24.3. The highest BCUT2D eigenvalue weighted by atomic mass is 16.5. The van der Waals surface area contributed by atoms with Crippen LogP contribution in [0, 0.1) is 0 Å². The van der Waals surface area contributed by atoms with Crippen LogP contribution in [0.1, 0.15) is 22.3 Å². The second-order valence-corrected chi connectivity index (χ2v) is 20.9. The third-order valence-corrected chi connectivity index (χ3v) is 16.4. The lowest BCUT2D eigenvalue weighted by Crippen LogP contribution is -2.32. The smallest absolute Gasteiger partial charge is 0.145 e. The van der Waals surface area contributed by atoms with Crippen molar-refractivity contribution in [3.63, 3.8) is 0 Å². The van der Waals surface area contributed by atoms with Crippen molar-refractivity contribution in [3.05, 3.63) is 313 Å². The Balaban J connectivity index is 0.802. The molecule has 0 bridgehead atoms. The van der Waals surface area contributed by atoms with E-state index in [-0.39, 0.29) is 0 Å². The molecule has 5 nitrogen and oxygen atoms in total. The molecule has 80 heavy (non-hydrogen) atoms. The zero-order valence-corrected chi connectivity index (χ0v) is 43.4. The molecule has 1 aliphatic carbocycles. The summed E-state index contributed by atoms with van der Waals surface area (Å²) in [5, 5.41) is 0. The minimum absolute atomic E-state index is 0.534. The first-order chi connectivity index (χ1) is 39.6. The molecule has 0 N–H and O–H groups in total. The number of benzene rings is 12. The molecular formula is C75H48N4O. The SMILES string of the molecule is c1ccc(-n2c(-c3ccc(-c4cc(-c5ccc(-c6ccc7c(c6)C6(c8ccccc8Oc8ccccc86)c6ccccc6-7)cc5)cc(-c5ccc(-c6nc7ccccc7n6-c6ccccc6)cc5)c4)cc3)nc3ccccc32)cc1. The monoisotopic (exact) mass is 1020 g/mol. The van der Waals surface area contributed by atoms with Gasteiger partial charge in [0.1, 0.15) is 23.1 Å². The Morgan fingerprint density at radius 1 is 0.263 bits per heavy atom. The number of rotatable bonds is 8. The second kappa shape index (κ2) is 18.3. The average molecular weight is 1020 g/mol. The largest absolute Gasteiger partial charge is 0.457 e. The summed E-state index contributed by atoms with van der Waals surface area (Å²) < 4.78 is 11.2. The van der Waals surface area contributed by atoms with Gasteiger partial charge in [0, 0.05) is 33.6 Å². The van der Waals surface area contributed by atoms with E-state index in [2.05, 4.69) is 300 Å². The van der Waals surface area contributed by atoms with Crippen LogP contribution < -0.4 is 4.74 Å². The molecule has 0 saturated heterocycles. The van der Waals surface area contributed by atoms with Gasteiger partial charge in [-0.2, -0.15) is 0 Å². The fourth-order valence-electron chi connectivity index (χ4n) is 12.8. The van der Waals surface area contributed by atoms with Gasteiger partial charge >= 0.3 is 0 Å². The van der Waals surface area contributed by atoms with Gasteiger partial charge in [0.25, 0.3) is 0 Å². The van der Waals surface area contributed by atoms with Crippen LogP contribution in [0.15, 0.2) is 291 Å². The highest BCUT2D eigenvalue weighted by molar-refractivity contribution is 5.92. The molecule has 16 rings (SSSR count). The van der Waals surface area contributed by atoms with Crippen molar-refractivity contribution in [3.8, 4) is 101 Å². The molecule has 0 atom stereocenters. The van der Waals surface area contributed by atoms with Gasteiger partial charge in [-0.15, -0.1) is 0 Å². The number of hydrogen-bond donors (Lipinski definition) is 0. The van der Waals surface area contributed by atoms with Gasteiger partial charge in [0.2, 0.25) is 0 Å². The number of hydrogen-bond acceptors (Lipinski definition) is 3. The molecule has 3 heterocycles. The molecule has 1 spiro atoms. The summed E-state index contributed by atoms with van der Waals surface area (Å²) in [6.45, 7) is 0. The number of nitrogens with zero attached hydrogens (tertiary/aromatic N) is 4. The van der Waals surface area contributed by atoms with Crippen molar-refractivity contribution < 1.29 is 4.74 Å². The van der Waals surface area contributed by atoms with E-state index in [1.165, 1.54) is 27.8 Å². The molecule has 5 heteroatoms. The molecule has 2 aliphatic rings. The fourth-order valence-corrected chi connectivity index (χ4v) is 12.8. The highest BCUT2D eigenvalue weighted by Crippen LogP contribution is 2.62. The molecule has 0 fully saturated rings. The van der Waals surface area contributed by atoms with Crippen LogP contribution in [0.5, 0.6) is 11.5 Å². The van der Waals surface area contributed by atoms with Gasteiger partial charge in [0.05, 0.1) is 27.5 Å². The van der Waals surface area contributed by atoms with Crippen molar-refractivity contribution in [1.82, 2.24) is 19.1 Å². The summed E-state index contributed by atoms with van der Waals surface area (Å²) >= 11 is 0. The maximum atomic E-state index is 6.64. The van der Waals surface area contributed by atoms with Gasteiger partial charge < -0.3 is 4.74 Å². The Morgan fingerprint density at radius 3 is 1.11 bits per heavy atom. The summed E-state index contributed by atoms with van der Waals surface area (Å²) in [4.78, 5) is 10.4. The lowest BCUT2D eigenvalue weighted by Gasteiger charge is -2.39. The van der Waals surface area contributed by atoms with E-state index in [9.17, 15) is 0 Å². The molecule has 0 radical (unpaired) electrons. The van der Waals surface area contributed by atoms with Crippen molar-refractivity contribution >= 4 is 22.1 Å². The Hall–Kier alpha value is -10.6. The van der Waals surface area contributed by atoms with E-state index in [1.807, 2.05) is 0 Å². The molecular weight excluding hydrogens is 973 g/mol. The van der Waals surface area contributed by atoms with Gasteiger partial charge in [-0.3, -0.25) is 9.13 Å². The number of fused-ring (bicyclic) bond motifs is 11. The van der Waals surface area contributed by atoms with E-state index in [4.69, 9.17) is 14.7 Å². The summed E-state index contributed by atoms with van der Waals surface area (Å²) in [6, 6.07) is 105. The molecule has 0 saturated carbocycles. The first-order valence-electron chi connectivity index (χ1n) is 27.3. The quantitative estimate of drug-likeness (QED) is 0.152. The third-order valence-electron chi connectivity index (χ3n) is 16.4. The molecule has 1 aliphatic heterocycles. The first kappa shape index (κ1) is 45.6. The van der Waals surface area contributed by atoms with Gasteiger partial charge in [-0.1, -0.05) is 206 Å². The molecule has 12 aromatic carbocycles. The lowest BCUT2D eigenvalue weighted by atomic mass is 9.66. The van der Waals surface area contributed by atoms with E-state index in [1.54, 1.807) is 0 Å². The van der Waals surface area contributed by atoms with Crippen LogP contribution in [0.25, 0.3) is 112 Å². The minimum Gasteiger partial charge on any atom is -0.457 e. The van der Waals surface area contributed by atoms with Crippen LogP contribution in [0.3, 0.4) is 0 Å². The summed E-state index contributed by atoms with van der Waals surface area (Å²) in [5.74, 6) is 3.60. The minimum atomic E-state index is -0.534. The molecule has 14 aromatic rings. The molecule has 0 unspecified atom stereocenters. The second-order valence-electron chi connectivity index (χ2n) is 20.9. The van der Waals surface area contributed by atoms with Crippen molar-refractivity contribution in [2.24, 2.45) is 0 Å². The number of aromatic nitrogens is 4. The van der Waals surface area contributed by atoms with E-state index in [0.29, 0.717) is 0 Å². The van der Waals surface area contributed by atoms with Crippen LogP contribution in [-0.4, -0.2) is 19.1 Å². The van der Waals surface area contributed by atoms with Crippen LogP contribution in [0.2, 0.25) is 0 Å². The summed E-state index contributed by atoms with van der Waals surface area (Å²) in [6.07, 6.45) is 0. The van der Waals surface area contributed by atoms with Crippen LogP contribution in [0.4, 0.5) is 0 Å². The molecule has 374 valence electrons. The Kier molecular flexibility index (Phi) is 10.4. The Bertz CT molecular complexity index is 4480. The zero-order chi connectivity index (χ0) is 52.7. The number of imidazole rings is 2. The maximum absolute atomic E-state index is 6.64. The van der Waals surface area contributed by atoms with Crippen molar-refractivity contribution in [2.45, 2.75) is 5.41 Å². The topological polar surface area (TPSA) is 44.9 Å². The lowest BCUT2D eigenvalue weighted by molar-refractivity contribution is 0.436. The molecule has 2 aromatic heterocycles. The summed E-state index contributed by atoms with van der Waals surface area (Å²) in [7, 11) is 0. The standard InChI is InChI=1S/C75H48N4O/c1-3-17-59(18-4-1)78-69-27-13-11-25-67(69)76-73(78)53-39-35-51(36-40-53)57-45-56(46-58(47-57)52-37-41-54(42-38-52)74-77-68-26-12-14-28-70(68)79(74)60-19-5-2-6-20-60)50-33-31-49(32-34-50)55-43-44-62-61-21-7-8-22-63(61)75(66(62)48-55)64-23-9-15-29-71(64)80-72-30-16-10-24-65(72)75/h1-48H. The van der Waals surface area contributed by atoms with Gasteiger partial charge in [0.15, 0.2) is 0 Å². The number of ether oxygens (including phenoxy) is 1. The van der Waals surface area contributed by atoms with Gasteiger partial charge in [-0.05, 0) is 152 Å². The highest BCUT2D eigenvalue weighted by Gasteiger charge is 2.51. The first-order valence-corrected chi connectivity index (χ1v) is 27.3. The normalized spacial score (nSPS) is 12.7. The van der Waals surface area contributed by atoms with Gasteiger partial charge in [-0.25, -0.2) is 9.97 Å². The zero-order valence-electron chi connectivity index (χ0n) is 43.4. The third kappa shape index (κ3) is 7.18. The van der Waals surface area contributed by atoms with E-state index < -0.39 is 5.41 Å². The Labute approximate surface area is 463 Å². The van der Waals surface area contributed by atoms with Crippen molar-refractivity contribution in [2.75, 3.05) is 0 Å². The Morgan fingerprint density at radius 2 is 0.625 bits per heavy atom. The maximum Gasteiger partial charge on any atom is 0.145 e. The molecule has 0 amide bonds. The predicted octanol–water partition coefficient (Wildman–Crippen LogP) is 18.8. The average Bonchev–Trinajstić information content (AvgIpc) is 4.27. The van der Waals surface area contributed by atoms with E-state index in [0.717, 1.165) is 118 Å². The van der Waals surface area contributed by atoms with Crippen LogP contribution in [-0.2, 0) is 5.41 Å². The van der Waals surface area contributed by atoms with E-state index >= 15 is 0 Å².